The zero-order valence-corrected chi connectivity index (χ0v) is 24.4. The lowest BCUT2D eigenvalue weighted by Gasteiger charge is -2.19. The number of aromatic nitrogens is 2. The van der Waals surface area contributed by atoms with E-state index in [9.17, 15) is 0 Å². The van der Waals surface area contributed by atoms with E-state index in [0.717, 1.165) is 0 Å². The Balaban J connectivity index is 1.30. The molecule has 202 valence electrons. The number of aryl methyl sites for hydroxylation is 4. The van der Waals surface area contributed by atoms with E-state index >= 15 is 0 Å². The van der Waals surface area contributed by atoms with Crippen LogP contribution in [0.4, 0.5) is 0 Å². The number of para-hydroxylation sites is 4. The predicted molar refractivity (Wildman–Crippen MR) is 180 cm³/mol. The van der Waals surface area contributed by atoms with E-state index in [1.54, 1.807) is 0 Å². The molecule has 0 saturated heterocycles. The second-order valence-corrected chi connectivity index (χ2v) is 11.7. The average Bonchev–Trinajstić information content (AvgIpc) is 3.50. The number of nitrogens with zero attached hydrogens (tertiary/aromatic N) is 2. The summed E-state index contributed by atoms with van der Waals surface area (Å²) in [5, 5.41) is 5.18. The SMILES string of the molecule is Cc1cc(-c2cc(C)c(-n3c4ccccc4c4ccccc43)c(C)c2)cc(C)c1-n1c2ccccc2c2ccccc21. The summed E-state index contributed by atoms with van der Waals surface area (Å²) in [5.74, 6) is 0. The fraction of sp³-hybridized carbons (Fsp3) is 0.100. The summed E-state index contributed by atoms with van der Waals surface area (Å²) in [7, 11) is 0. The normalized spacial score (nSPS) is 11.8. The molecular formula is C40H32N2. The van der Waals surface area contributed by atoms with Gasteiger partial charge in [-0.05, 0) is 110 Å². The highest BCUT2D eigenvalue weighted by molar-refractivity contribution is 6.10. The largest absolute Gasteiger partial charge is 0.309 e. The molecule has 0 N–H and O–H groups in total. The van der Waals surface area contributed by atoms with Gasteiger partial charge >= 0.3 is 0 Å². The topological polar surface area (TPSA) is 9.86 Å². The maximum absolute atomic E-state index is 2.45. The van der Waals surface area contributed by atoms with Crippen molar-refractivity contribution in [1.29, 1.82) is 0 Å². The third-order valence-corrected chi connectivity index (χ3v) is 8.92. The molecule has 8 aromatic rings. The van der Waals surface area contributed by atoms with Gasteiger partial charge in [0.05, 0.1) is 33.4 Å². The Hall–Kier alpha value is -5.08. The molecule has 0 fully saturated rings. The Morgan fingerprint density at radius 3 is 0.833 bits per heavy atom. The second-order valence-electron chi connectivity index (χ2n) is 11.7. The Morgan fingerprint density at radius 2 is 0.571 bits per heavy atom. The van der Waals surface area contributed by atoms with Crippen molar-refractivity contribution in [2.24, 2.45) is 0 Å². The van der Waals surface area contributed by atoms with Crippen molar-refractivity contribution >= 4 is 43.6 Å². The van der Waals surface area contributed by atoms with Gasteiger partial charge in [-0.1, -0.05) is 72.8 Å². The minimum Gasteiger partial charge on any atom is -0.309 e. The highest BCUT2D eigenvalue weighted by Gasteiger charge is 2.18. The van der Waals surface area contributed by atoms with Crippen LogP contribution in [0, 0.1) is 27.7 Å². The van der Waals surface area contributed by atoms with E-state index in [1.807, 2.05) is 0 Å². The van der Waals surface area contributed by atoms with E-state index < -0.39 is 0 Å². The number of fused-ring (bicyclic) bond motifs is 6. The summed E-state index contributed by atoms with van der Waals surface area (Å²) >= 11 is 0. The van der Waals surface area contributed by atoms with Gasteiger partial charge in [-0.25, -0.2) is 0 Å². The van der Waals surface area contributed by atoms with E-state index in [4.69, 9.17) is 0 Å². The van der Waals surface area contributed by atoms with Crippen LogP contribution in [0.25, 0.3) is 66.1 Å². The van der Waals surface area contributed by atoms with Gasteiger partial charge in [-0.2, -0.15) is 0 Å². The first-order valence-corrected chi connectivity index (χ1v) is 14.7. The molecule has 0 bridgehead atoms. The monoisotopic (exact) mass is 540 g/mol. The molecule has 0 unspecified atom stereocenters. The highest BCUT2D eigenvalue weighted by atomic mass is 15.0. The average molecular weight is 541 g/mol. The number of rotatable bonds is 3. The van der Waals surface area contributed by atoms with Gasteiger partial charge in [0.2, 0.25) is 0 Å². The first kappa shape index (κ1) is 24.7. The van der Waals surface area contributed by atoms with Gasteiger partial charge in [0.1, 0.15) is 0 Å². The van der Waals surface area contributed by atoms with Crippen LogP contribution >= 0.6 is 0 Å². The third-order valence-electron chi connectivity index (χ3n) is 8.92. The molecule has 2 nitrogen and oxygen atoms in total. The summed E-state index contributed by atoms with van der Waals surface area (Å²) in [5.41, 5.74) is 15.2. The maximum Gasteiger partial charge on any atom is 0.0541 e. The van der Waals surface area contributed by atoms with Crippen molar-refractivity contribution in [2.45, 2.75) is 27.7 Å². The first-order valence-electron chi connectivity index (χ1n) is 14.7. The van der Waals surface area contributed by atoms with Crippen LogP contribution in [0.5, 0.6) is 0 Å². The van der Waals surface area contributed by atoms with Crippen LogP contribution < -0.4 is 0 Å². The summed E-state index contributed by atoms with van der Waals surface area (Å²) < 4.78 is 4.89. The lowest BCUT2D eigenvalue weighted by Crippen LogP contribution is -2.02. The Labute approximate surface area is 246 Å². The van der Waals surface area contributed by atoms with E-state index in [0.29, 0.717) is 0 Å². The molecule has 0 amide bonds. The van der Waals surface area contributed by atoms with Crippen LogP contribution in [-0.2, 0) is 0 Å². The molecule has 2 aromatic heterocycles. The molecular weight excluding hydrogens is 508 g/mol. The lowest BCUT2D eigenvalue weighted by molar-refractivity contribution is 1.11. The van der Waals surface area contributed by atoms with Crippen molar-refractivity contribution in [3.05, 3.63) is 144 Å². The van der Waals surface area contributed by atoms with Crippen LogP contribution in [0.15, 0.2) is 121 Å². The smallest absolute Gasteiger partial charge is 0.0541 e. The fourth-order valence-electron chi connectivity index (χ4n) is 7.28. The van der Waals surface area contributed by atoms with Gasteiger partial charge < -0.3 is 9.13 Å². The van der Waals surface area contributed by atoms with Crippen LogP contribution in [-0.4, -0.2) is 9.13 Å². The molecule has 0 spiro atoms. The minimum atomic E-state index is 1.25. The van der Waals surface area contributed by atoms with Gasteiger partial charge in [0.25, 0.3) is 0 Å². The molecule has 0 aliphatic carbocycles. The molecule has 0 aliphatic rings. The Kier molecular flexibility index (Phi) is 5.42. The van der Waals surface area contributed by atoms with Gasteiger partial charge in [-0.15, -0.1) is 0 Å². The lowest BCUT2D eigenvalue weighted by atomic mass is 9.95. The van der Waals surface area contributed by atoms with E-state index in [1.165, 1.54) is 88.4 Å². The Bertz CT molecular complexity index is 2020. The summed E-state index contributed by atoms with van der Waals surface area (Å²) in [6.45, 7) is 9.01. The molecule has 2 heterocycles. The third kappa shape index (κ3) is 3.51. The Morgan fingerprint density at radius 1 is 0.333 bits per heavy atom. The molecule has 42 heavy (non-hydrogen) atoms. The maximum atomic E-state index is 2.45. The fourth-order valence-corrected chi connectivity index (χ4v) is 7.28. The molecule has 0 radical (unpaired) electrons. The molecule has 2 heteroatoms. The molecule has 0 aliphatic heterocycles. The number of hydrogen-bond donors (Lipinski definition) is 0. The van der Waals surface area contributed by atoms with Crippen LogP contribution in [0.2, 0.25) is 0 Å². The highest BCUT2D eigenvalue weighted by Crippen LogP contribution is 2.38. The van der Waals surface area contributed by atoms with Gasteiger partial charge in [-0.3, -0.25) is 0 Å². The van der Waals surface area contributed by atoms with Gasteiger partial charge in [0, 0.05) is 21.5 Å². The summed E-state index contributed by atoms with van der Waals surface area (Å²) in [4.78, 5) is 0. The zero-order chi connectivity index (χ0) is 28.5. The van der Waals surface area contributed by atoms with Crippen molar-refractivity contribution in [1.82, 2.24) is 9.13 Å². The van der Waals surface area contributed by atoms with Crippen molar-refractivity contribution in [3.63, 3.8) is 0 Å². The molecule has 6 aromatic carbocycles. The second kappa shape index (κ2) is 9.22. The predicted octanol–water partition coefficient (Wildman–Crippen LogP) is 10.8. The van der Waals surface area contributed by atoms with E-state index in [2.05, 4.69) is 158 Å². The van der Waals surface area contributed by atoms with Gasteiger partial charge in [0.15, 0.2) is 0 Å². The zero-order valence-electron chi connectivity index (χ0n) is 24.4. The summed E-state index contributed by atoms with van der Waals surface area (Å²) in [6, 6.07) is 44.4. The first-order chi connectivity index (χ1) is 20.5. The van der Waals surface area contributed by atoms with E-state index in [-0.39, 0.29) is 0 Å². The molecule has 0 saturated carbocycles. The minimum absolute atomic E-state index is 1.25. The summed E-state index contributed by atoms with van der Waals surface area (Å²) in [6.07, 6.45) is 0. The number of hydrogen-bond acceptors (Lipinski definition) is 0. The van der Waals surface area contributed by atoms with Crippen molar-refractivity contribution in [3.8, 4) is 22.5 Å². The molecule has 0 atom stereocenters. The van der Waals surface area contributed by atoms with Crippen molar-refractivity contribution < 1.29 is 0 Å². The quantitative estimate of drug-likeness (QED) is 0.211. The number of benzene rings is 6. The van der Waals surface area contributed by atoms with Crippen molar-refractivity contribution in [2.75, 3.05) is 0 Å². The standard InChI is InChI=1S/C40H32N2/c1-25-21-29(22-26(2)39(25)41-35-17-9-5-13-31(35)32-14-6-10-18-36(32)41)30-23-27(3)40(28(4)24-30)42-37-19-11-7-15-33(37)34-16-8-12-20-38(34)42/h5-24H,1-4H3. The van der Waals surface area contributed by atoms with Crippen LogP contribution in [0.3, 0.4) is 0 Å². The van der Waals surface area contributed by atoms with Crippen LogP contribution in [0.1, 0.15) is 22.3 Å². The molecule has 8 rings (SSSR count).